The third-order valence-corrected chi connectivity index (χ3v) is 6.51. The van der Waals surface area contributed by atoms with E-state index in [1.807, 2.05) is 11.8 Å². The van der Waals surface area contributed by atoms with Gasteiger partial charge in [-0.15, -0.1) is 23.1 Å². The van der Waals surface area contributed by atoms with Gasteiger partial charge < -0.3 is 5.73 Å². The maximum absolute atomic E-state index is 6.33. The highest BCUT2D eigenvalue weighted by atomic mass is 79.9. The predicted octanol–water partition coefficient (Wildman–Crippen LogP) is 5.39. The van der Waals surface area contributed by atoms with Crippen molar-refractivity contribution in [1.82, 2.24) is 0 Å². The first-order chi connectivity index (χ1) is 9.11. The first-order valence-corrected chi connectivity index (χ1v) is 8.83. The van der Waals surface area contributed by atoms with Crippen LogP contribution in [-0.4, -0.2) is 6.04 Å². The third-order valence-electron chi connectivity index (χ3n) is 3.08. The summed E-state index contributed by atoms with van der Waals surface area (Å²) >= 11 is 7.20. The largest absolute Gasteiger partial charge is 0.326 e. The van der Waals surface area contributed by atoms with Crippen LogP contribution in [0.5, 0.6) is 0 Å². The Labute approximate surface area is 131 Å². The van der Waals surface area contributed by atoms with Crippen LogP contribution in [0.3, 0.4) is 0 Å². The molecule has 1 nitrogen and oxygen atoms in total. The molecular weight excluding hydrogens is 338 g/mol. The van der Waals surface area contributed by atoms with Crippen LogP contribution in [-0.2, 0) is 0 Å². The highest BCUT2D eigenvalue weighted by Gasteiger charge is 2.22. The average molecular weight is 356 g/mol. The van der Waals surface area contributed by atoms with Crippen molar-refractivity contribution in [2.24, 2.45) is 5.73 Å². The molecule has 102 valence electrons. The van der Waals surface area contributed by atoms with Gasteiger partial charge in [-0.25, -0.2) is 0 Å². The second-order valence-corrected chi connectivity index (χ2v) is 8.20. The monoisotopic (exact) mass is 355 g/mol. The molecule has 0 saturated heterocycles. The zero-order valence-corrected chi connectivity index (χ0v) is 14.3. The minimum Gasteiger partial charge on any atom is -0.326 e. The van der Waals surface area contributed by atoms with E-state index in [0.717, 1.165) is 6.42 Å². The number of halogens is 1. The van der Waals surface area contributed by atoms with Gasteiger partial charge in [0.1, 0.15) is 0 Å². The Morgan fingerprint density at radius 1 is 1.26 bits per heavy atom. The molecule has 2 rings (SSSR count). The number of benzene rings is 1. The van der Waals surface area contributed by atoms with Crippen molar-refractivity contribution >= 4 is 39.0 Å². The molecule has 0 fully saturated rings. The van der Waals surface area contributed by atoms with Crippen LogP contribution >= 0.6 is 39.0 Å². The van der Waals surface area contributed by atoms with E-state index in [0.29, 0.717) is 5.25 Å². The molecule has 2 aromatic rings. The smallest absolute Gasteiger partial charge is 0.0701 e. The Morgan fingerprint density at radius 3 is 2.58 bits per heavy atom. The molecule has 1 aromatic carbocycles. The van der Waals surface area contributed by atoms with Crippen molar-refractivity contribution < 1.29 is 0 Å². The molecule has 19 heavy (non-hydrogen) atoms. The molecule has 0 aliphatic carbocycles. The lowest BCUT2D eigenvalue weighted by atomic mass is 10.1. The van der Waals surface area contributed by atoms with Gasteiger partial charge in [0.25, 0.3) is 0 Å². The Morgan fingerprint density at radius 2 is 2.00 bits per heavy atom. The van der Waals surface area contributed by atoms with Crippen LogP contribution in [0.15, 0.2) is 45.1 Å². The van der Waals surface area contributed by atoms with Crippen LogP contribution in [0.1, 0.15) is 29.0 Å². The number of nitrogens with two attached hydrogens (primary N) is 1. The molecule has 0 bridgehead atoms. The Kier molecular flexibility index (Phi) is 5.51. The summed E-state index contributed by atoms with van der Waals surface area (Å²) in [5.41, 5.74) is 7.64. The molecule has 2 N–H and O–H groups in total. The molecule has 1 heterocycles. The third kappa shape index (κ3) is 3.85. The van der Waals surface area contributed by atoms with Crippen LogP contribution in [0, 0.1) is 6.92 Å². The second kappa shape index (κ2) is 6.93. The fraction of sp³-hybridized carbons (Fsp3) is 0.333. The number of thioether (sulfide) groups is 1. The summed E-state index contributed by atoms with van der Waals surface area (Å²) in [6, 6.07) is 13.0. The number of hydrogen-bond acceptors (Lipinski definition) is 3. The van der Waals surface area contributed by atoms with Gasteiger partial charge in [-0.1, -0.05) is 25.1 Å². The minimum absolute atomic E-state index is 0.176. The summed E-state index contributed by atoms with van der Waals surface area (Å²) in [4.78, 5) is 2.66. The molecule has 2 atom stereocenters. The molecule has 4 heteroatoms. The van der Waals surface area contributed by atoms with Gasteiger partial charge in [0.05, 0.1) is 9.04 Å². The minimum atomic E-state index is 0.176. The van der Waals surface area contributed by atoms with E-state index in [-0.39, 0.29) is 6.04 Å². The molecule has 1 aromatic heterocycles. The van der Waals surface area contributed by atoms with E-state index in [9.17, 15) is 0 Å². The van der Waals surface area contributed by atoms with Gasteiger partial charge in [-0.3, -0.25) is 0 Å². The molecule has 0 amide bonds. The fourth-order valence-corrected chi connectivity index (χ4v) is 4.89. The standard InChI is InChI=1S/C15H18BrNS2/c1-3-11(17)15(13-8-9-14(16)18-13)19-12-7-5-4-6-10(12)2/h4-9,11,15H,3,17H2,1-2H3. The van der Waals surface area contributed by atoms with Crippen LogP contribution < -0.4 is 5.73 Å². The van der Waals surface area contributed by atoms with Crippen molar-refractivity contribution in [3.05, 3.63) is 50.6 Å². The number of rotatable bonds is 5. The molecule has 0 radical (unpaired) electrons. The lowest BCUT2D eigenvalue weighted by Gasteiger charge is -2.22. The normalized spacial score (nSPS) is 14.3. The second-order valence-electron chi connectivity index (χ2n) is 4.52. The number of hydrogen-bond donors (Lipinski definition) is 1. The van der Waals surface area contributed by atoms with E-state index < -0.39 is 0 Å². The zero-order valence-electron chi connectivity index (χ0n) is 11.1. The topological polar surface area (TPSA) is 26.0 Å². The van der Waals surface area contributed by atoms with Crippen LogP contribution in [0.2, 0.25) is 0 Å². The van der Waals surface area contributed by atoms with E-state index in [1.54, 1.807) is 11.3 Å². The van der Waals surface area contributed by atoms with Gasteiger partial charge >= 0.3 is 0 Å². The highest BCUT2D eigenvalue weighted by Crippen LogP contribution is 2.42. The lowest BCUT2D eigenvalue weighted by molar-refractivity contribution is 0.640. The highest BCUT2D eigenvalue weighted by molar-refractivity contribution is 9.11. The maximum Gasteiger partial charge on any atom is 0.0701 e. The summed E-state index contributed by atoms with van der Waals surface area (Å²) in [7, 11) is 0. The van der Waals surface area contributed by atoms with Crippen LogP contribution in [0.25, 0.3) is 0 Å². The summed E-state index contributed by atoms with van der Waals surface area (Å²) < 4.78 is 1.17. The molecule has 0 aliphatic rings. The maximum atomic E-state index is 6.33. The predicted molar refractivity (Wildman–Crippen MR) is 90.1 cm³/mol. The molecule has 0 spiro atoms. The number of thiophene rings is 1. The molecular formula is C15H18BrNS2. The summed E-state index contributed by atoms with van der Waals surface area (Å²) in [5.74, 6) is 0. The summed E-state index contributed by atoms with van der Waals surface area (Å²) in [6.45, 7) is 4.31. The van der Waals surface area contributed by atoms with Gasteiger partial charge in [-0.2, -0.15) is 0 Å². The Hall–Kier alpha value is -0.290. The molecule has 2 unspecified atom stereocenters. The average Bonchev–Trinajstić information content (AvgIpc) is 2.83. The van der Waals surface area contributed by atoms with Gasteiger partial charge in [0.2, 0.25) is 0 Å². The van der Waals surface area contributed by atoms with E-state index >= 15 is 0 Å². The van der Waals surface area contributed by atoms with Gasteiger partial charge in [0, 0.05) is 15.8 Å². The van der Waals surface area contributed by atoms with Crippen molar-refractivity contribution in [3.63, 3.8) is 0 Å². The van der Waals surface area contributed by atoms with Crippen molar-refractivity contribution in [2.75, 3.05) is 0 Å². The molecule has 0 saturated carbocycles. The van der Waals surface area contributed by atoms with Crippen LogP contribution in [0.4, 0.5) is 0 Å². The Balaban J connectivity index is 2.27. The van der Waals surface area contributed by atoms with Crippen molar-refractivity contribution in [3.8, 4) is 0 Å². The van der Waals surface area contributed by atoms with Crippen molar-refractivity contribution in [1.29, 1.82) is 0 Å². The first-order valence-electron chi connectivity index (χ1n) is 6.35. The zero-order chi connectivity index (χ0) is 13.8. The fourth-order valence-electron chi connectivity index (χ4n) is 1.88. The van der Waals surface area contributed by atoms with Gasteiger partial charge in [-0.05, 0) is 53.0 Å². The summed E-state index contributed by atoms with van der Waals surface area (Å²) in [6.07, 6.45) is 0.985. The van der Waals surface area contributed by atoms with E-state index in [1.165, 1.54) is 19.1 Å². The van der Waals surface area contributed by atoms with E-state index in [2.05, 4.69) is 66.2 Å². The lowest BCUT2D eigenvalue weighted by Crippen LogP contribution is -2.25. The Bertz CT molecular complexity index is 538. The SMILES string of the molecule is CCC(N)C(Sc1ccccc1C)c1ccc(Br)s1. The molecule has 0 aliphatic heterocycles. The summed E-state index contributed by atoms with van der Waals surface area (Å²) in [5, 5.41) is 0.322. The van der Waals surface area contributed by atoms with E-state index in [4.69, 9.17) is 5.73 Å². The number of aryl methyl sites for hydroxylation is 1. The van der Waals surface area contributed by atoms with Gasteiger partial charge in [0.15, 0.2) is 0 Å². The first kappa shape index (κ1) is 15.1. The van der Waals surface area contributed by atoms with Crippen molar-refractivity contribution in [2.45, 2.75) is 36.5 Å². The quantitative estimate of drug-likeness (QED) is 0.727.